The first-order valence-electron chi connectivity index (χ1n) is 5.83. The van der Waals surface area contributed by atoms with Gasteiger partial charge in [-0.05, 0) is 0 Å². The van der Waals surface area contributed by atoms with Crippen molar-refractivity contribution in [2.75, 3.05) is 11.5 Å². The molecule has 1 aliphatic rings. The highest BCUT2D eigenvalue weighted by Gasteiger charge is 2.34. The molecular weight excluding hydrogens is 316 g/mol. The molecule has 0 radical (unpaired) electrons. The van der Waals surface area contributed by atoms with Crippen LogP contribution in [-0.2, 0) is 4.74 Å². The van der Waals surface area contributed by atoms with Crippen molar-refractivity contribution in [2.24, 2.45) is 0 Å². The summed E-state index contributed by atoms with van der Waals surface area (Å²) in [5, 5.41) is 9.59. The summed E-state index contributed by atoms with van der Waals surface area (Å²) in [7, 11) is 0. The molecule has 2 aromatic heterocycles. The number of aromatic amines is 1. The van der Waals surface area contributed by atoms with Gasteiger partial charge in [-0.1, -0.05) is 17.3 Å². The molecule has 0 aromatic carbocycles. The second kappa shape index (κ2) is 5.19. The number of aromatic nitrogens is 3. The molecule has 8 nitrogen and oxygen atoms in total. The SMILES string of the molecule is C#CC(O)[C@H]1O[C@@H](n2c(=O)sc3c(=O)[nH]c(N)nc32)CS1. The summed E-state index contributed by atoms with van der Waals surface area (Å²) < 4.78 is 7.02. The number of nitrogens with one attached hydrogen (secondary N) is 1. The van der Waals surface area contributed by atoms with E-state index in [4.69, 9.17) is 16.9 Å². The minimum Gasteiger partial charge on any atom is -0.377 e. The number of nitrogen functional groups attached to an aromatic ring is 1. The Morgan fingerprint density at radius 3 is 3.10 bits per heavy atom. The van der Waals surface area contributed by atoms with E-state index in [0.29, 0.717) is 5.75 Å². The van der Waals surface area contributed by atoms with Gasteiger partial charge in [0.2, 0.25) is 5.95 Å². The van der Waals surface area contributed by atoms with Crippen molar-refractivity contribution in [3.05, 3.63) is 20.0 Å². The Kier molecular flexibility index (Phi) is 3.50. The Morgan fingerprint density at radius 1 is 1.62 bits per heavy atom. The fourth-order valence-electron chi connectivity index (χ4n) is 1.99. The second-order valence-corrected chi connectivity index (χ2v) is 6.34. The Morgan fingerprint density at radius 2 is 2.38 bits per heavy atom. The Bertz CT molecular complexity index is 848. The van der Waals surface area contributed by atoms with Crippen LogP contribution in [-0.4, -0.2) is 36.9 Å². The number of fused-ring (bicyclic) bond motifs is 1. The van der Waals surface area contributed by atoms with Crippen LogP contribution in [0.5, 0.6) is 0 Å². The summed E-state index contributed by atoms with van der Waals surface area (Å²) in [5.74, 6) is 2.50. The maximum absolute atomic E-state index is 12.1. The zero-order chi connectivity index (χ0) is 15.1. The zero-order valence-electron chi connectivity index (χ0n) is 10.5. The van der Waals surface area contributed by atoms with Crippen molar-refractivity contribution in [1.82, 2.24) is 14.5 Å². The van der Waals surface area contributed by atoms with E-state index >= 15 is 0 Å². The number of aliphatic hydroxyl groups excluding tert-OH is 1. The first-order chi connectivity index (χ1) is 10.0. The number of thiazole rings is 1. The van der Waals surface area contributed by atoms with E-state index in [9.17, 15) is 14.7 Å². The fourth-order valence-corrected chi connectivity index (χ4v) is 3.90. The third kappa shape index (κ3) is 2.34. The number of nitrogens with two attached hydrogens (primary N) is 1. The third-order valence-corrected chi connectivity index (χ3v) is 5.02. The van der Waals surface area contributed by atoms with Gasteiger partial charge in [-0.3, -0.25) is 19.1 Å². The monoisotopic (exact) mass is 326 g/mol. The van der Waals surface area contributed by atoms with Crippen LogP contribution < -0.4 is 16.2 Å². The van der Waals surface area contributed by atoms with Gasteiger partial charge in [0.05, 0.1) is 0 Å². The van der Waals surface area contributed by atoms with Crippen LogP contribution in [0.2, 0.25) is 0 Å². The van der Waals surface area contributed by atoms with Crippen LogP contribution in [0.4, 0.5) is 5.95 Å². The van der Waals surface area contributed by atoms with E-state index in [-0.39, 0.29) is 21.2 Å². The summed E-state index contributed by atoms with van der Waals surface area (Å²) in [6.07, 6.45) is 3.42. The van der Waals surface area contributed by atoms with Gasteiger partial charge < -0.3 is 15.6 Å². The molecule has 3 rings (SSSR count). The molecule has 0 spiro atoms. The molecule has 1 unspecified atom stereocenters. The summed E-state index contributed by atoms with van der Waals surface area (Å²) in [5.41, 5.74) is 4.59. The molecule has 1 aliphatic heterocycles. The largest absolute Gasteiger partial charge is 0.377 e. The Balaban J connectivity index is 2.06. The highest BCUT2D eigenvalue weighted by atomic mass is 32.2. The quantitative estimate of drug-likeness (QED) is 0.624. The van der Waals surface area contributed by atoms with Gasteiger partial charge >= 0.3 is 4.87 Å². The van der Waals surface area contributed by atoms with Crippen molar-refractivity contribution in [1.29, 1.82) is 0 Å². The number of hydrogen-bond donors (Lipinski definition) is 3. The van der Waals surface area contributed by atoms with E-state index < -0.39 is 23.3 Å². The number of ether oxygens (including phenoxy) is 1. The average Bonchev–Trinajstić information content (AvgIpc) is 3.02. The van der Waals surface area contributed by atoms with Crippen molar-refractivity contribution in [3.8, 4) is 12.3 Å². The lowest BCUT2D eigenvalue weighted by molar-refractivity contribution is -0.0204. The highest BCUT2D eigenvalue weighted by Crippen LogP contribution is 2.34. The number of aliphatic hydroxyl groups is 1. The molecule has 3 atom stereocenters. The van der Waals surface area contributed by atoms with Crippen LogP contribution in [0.3, 0.4) is 0 Å². The van der Waals surface area contributed by atoms with Crippen molar-refractivity contribution in [2.45, 2.75) is 17.8 Å². The summed E-state index contributed by atoms with van der Waals surface area (Å²) >= 11 is 2.06. The molecule has 0 amide bonds. The van der Waals surface area contributed by atoms with Crippen LogP contribution in [0.15, 0.2) is 9.59 Å². The lowest BCUT2D eigenvalue weighted by Crippen LogP contribution is -2.26. The summed E-state index contributed by atoms with van der Waals surface area (Å²) in [6.45, 7) is 0. The number of thioether (sulfide) groups is 1. The number of H-pyrrole nitrogens is 1. The molecule has 2 aromatic rings. The van der Waals surface area contributed by atoms with Crippen LogP contribution >= 0.6 is 23.1 Å². The number of hydrogen-bond acceptors (Lipinski definition) is 8. The fraction of sp³-hybridized carbons (Fsp3) is 0.364. The van der Waals surface area contributed by atoms with E-state index in [1.54, 1.807) is 0 Å². The van der Waals surface area contributed by atoms with Crippen molar-refractivity contribution < 1.29 is 9.84 Å². The lowest BCUT2D eigenvalue weighted by Gasteiger charge is -2.14. The van der Waals surface area contributed by atoms with E-state index in [2.05, 4.69) is 15.9 Å². The van der Waals surface area contributed by atoms with Crippen LogP contribution in [0.1, 0.15) is 6.23 Å². The first kappa shape index (κ1) is 14.2. The van der Waals surface area contributed by atoms with Gasteiger partial charge in [0.15, 0.2) is 5.65 Å². The lowest BCUT2D eigenvalue weighted by atomic mass is 10.4. The molecular formula is C11H10N4O4S2. The van der Waals surface area contributed by atoms with Gasteiger partial charge in [-0.15, -0.1) is 18.2 Å². The van der Waals surface area contributed by atoms with Gasteiger partial charge in [0.25, 0.3) is 5.56 Å². The molecule has 1 fully saturated rings. The van der Waals surface area contributed by atoms with E-state index in [0.717, 1.165) is 11.3 Å². The smallest absolute Gasteiger partial charge is 0.311 e. The maximum atomic E-state index is 12.1. The summed E-state index contributed by atoms with van der Waals surface area (Å²) in [4.78, 5) is 29.8. The molecule has 4 N–H and O–H groups in total. The molecule has 3 heterocycles. The Labute approximate surface area is 125 Å². The molecule has 10 heteroatoms. The minimum atomic E-state index is -1.07. The number of rotatable bonds is 2. The van der Waals surface area contributed by atoms with Crippen LogP contribution in [0, 0.1) is 12.3 Å². The zero-order valence-corrected chi connectivity index (χ0v) is 12.1. The van der Waals surface area contributed by atoms with Gasteiger partial charge in [-0.25, -0.2) is 0 Å². The van der Waals surface area contributed by atoms with Gasteiger partial charge in [-0.2, -0.15) is 4.98 Å². The predicted molar refractivity (Wildman–Crippen MR) is 80.1 cm³/mol. The first-order valence-corrected chi connectivity index (χ1v) is 7.70. The highest BCUT2D eigenvalue weighted by molar-refractivity contribution is 8.00. The predicted octanol–water partition coefficient (Wildman–Crippen LogP) is -0.689. The Hall–Kier alpha value is -1.80. The molecule has 1 saturated heterocycles. The van der Waals surface area contributed by atoms with Gasteiger partial charge in [0.1, 0.15) is 22.5 Å². The average molecular weight is 326 g/mol. The number of terminal acetylenes is 1. The topological polar surface area (TPSA) is 123 Å². The molecule has 0 aliphatic carbocycles. The van der Waals surface area contributed by atoms with E-state index in [1.807, 2.05) is 0 Å². The van der Waals surface area contributed by atoms with Crippen molar-refractivity contribution in [3.63, 3.8) is 0 Å². The summed E-state index contributed by atoms with van der Waals surface area (Å²) in [6, 6.07) is 0. The van der Waals surface area contributed by atoms with Gasteiger partial charge in [0, 0.05) is 5.75 Å². The number of nitrogens with zero attached hydrogens (tertiary/aromatic N) is 2. The molecule has 21 heavy (non-hydrogen) atoms. The molecule has 0 bridgehead atoms. The minimum absolute atomic E-state index is 0.0788. The van der Waals surface area contributed by atoms with E-state index in [1.165, 1.54) is 16.3 Å². The normalized spacial score (nSPS) is 23.2. The second-order valence-electron chi connectivity index (χ2n) is 4.25. The molecule has 0 saturated carbocycles. The third-order valence-electron chi connectivity index (χ3n) is 2.90. The molecule has 110 valence electrons. The standard InChI is InChI=1S/C11H10N4O4S2/c1-2-4(16)9-19-5(3-20-9)15-7-6(21-11(15)18)8(17)14-10(12)13-7/h1,4-5,9,16H,3H2,(H3,12,13,14,17)/t4?,5-,9+/m1/s1. The maximum Gasteiger partial charge on any atom is 0.311 e. The number of anilines is 1. The van der Waals surface area contributed by atoms with Crippen molar-refractivity contribution >= 4 is 39.4 Å². The van der Waals surface area contributed by atoms with Crippen LogP contribution in [0.25, 0.3) is 10.3 Å².